The first-order valence-corrected chi connectivity index (χ1v) is 12.0. The van der Waals surface area contributed by atoms with Crippen LogP contribution in [0.15, 0.2) is 71.1 Å². The van der Waals surface area contributed by atoms with Crippen LogP contribution < -0.4 is 10.1 Å². The second-order valence-electron chi connectivity index (χ2n) is 8.62. The minimum absolute atomic E-state index is 0.00460. The van der Waals surface area contributed by atoms with Gasteiger partial charge in [-0.2, -0.15) is 0 Å². The molecule has 0 aliphatic rings. The van der Waals surface area contributed by atoms with E-state index in [2.05, 4.69) is 10.3 Å². The number of rotatable bonds is 11. The monoisotopic (exact) mass is 520 g/mol. The zero-order valence-electron chi connectivity index (χ0n) is 20.7. The van der Waals surface area contributed by atoms with Gasteiger partial charge < -0.3 is 19.6 Å². The Balaban J connectivity index is 1.43. The van der Waals surface area contributed by atoms with Crippen molar-refractivity contribution in [3.8, 4) is 17.2 Å². The molecule has 0 spiro atoms. The highest BCUT2D eigenvalue weighted by Crippen LogP contribution is 2.23. The van der Waals surface area contributed by atoms with E-state index in [1.807, 2.05) is 37.3 Å². The van der Waals surface area contributed by atoms with E-state index in [4.69, 9.17) is 14.3 Å². The number of halogens is 2. The fourth-order valence-electron chi connectivity index (χ4n) is 3.92. The van der Waals surface area contributed by atoms with Gasteiger partial charge in [-0.05, 0) is 60.9 Å². The summed E-state index contributed by atoms with van der Waals surface area (Å²) in [5.74, 6) is -1.66. The Hall–Kier alpha value is -4.53. The number of carbonyl (C=O) groups excluding carboxylic acids is 1. The third-order valence-electron chi connectivity index (χ3n) is 5.92. The number of carboxylic acid groups (broad SMARTS) is 1. The Morgan fingerprint density at radius 2 is 1.79 bits per heavy atom. The molecule has 196 valence electrons. The molecule has 0 aliphatic heterocycles. The number of benzene rings is 3. The fourth-order valence-corrected chi connectivity index (χ4v) is 3.92. The molecule has 9 heteroatoms. The zero-order valence-corrected chi connectivity index (χ0v) is 20.7. The van der Waals surface area contributed by atoms with E-state index in [-0.39, 0.29) is 24.9 Å². The van der Waals surface area contributed by atoms with E-state index < -0.39 is 23.5 Å². The molecular weight excluding hydrogens is 494 g/mol. The molecule has 7 nitrogen and oxygen atoms in total. The van der Waals surface area contributed by atoms with Gasteiger partial charge in [-0.15, -0.1) is 0 Å². The standard InChI is InChI=1S/C29H26F2N2O5/c1-18-26(33-29(38-18)20-5-3-2-4-6-20)13-14-37-23-10-7-19(8-12-27(34)35)21(15-23)17-32-28(36)24-11-9-22(30)16-25(24)31/h2-7,9-11,15-16H,8,12-14,17H2,1H3,(H,32,36)(H,34,35). The van der Waals surface area contributed by atoms with Gasteiger partial charge in [-0.25, -0.2) is 13.8 Å². The third-order valence-corrected chi connectivity index (χ3v) is 5.92. The smallest absolute Gasteiger partial charge is 0.303 e. The minimum atomic E-state index is -0.968. The second-order valence-corrected chi connectivity index (χ2v) is 8.62. The predicted molar refractivity (Wildman–Crippen MR) is 136 cm³/mol. The Kier molecular flexibility index (Phi) is 8.47. The van der Waals surface area contributed by atoms with Crippen LogP contribution >= 0.6 is 0 Å². The first-order chi connectivity index (χ1) is 18.3. The lowest BCUT2D eigenvalue weighted by atomic mass is 10.0. The SMILES string of the molecule is Cc1oc(-c2ccccc2)nc1CCOc1ccc(CCC(=O)O)c(CNC(=O)c2ccc(F)cc2F)c1. The van der Waals surface area contributed by atoms with Crippen molar-refractivity contribution in [3.05, 3.63) is 107 Å². The van der Waals surface area contributed by atoms with Crippen molar-refractivity contribution in [2.24, 2.45) is 0 Å². The van der Waals surface area contributed by atoms with E-state index in [1.54, 1.807) is 18.2 Å². The average Bonchev–Trinajstić information content (AvgIpc) is 3.27. The van der Waals surface area contributed by atoms with E-state index in [0.29, 0.717) is 47.6 Å². The molecule has 0 aliphatic carbocycles. The van der Waals surface area contributed by atoms with Crippen LogP contribution in [0.25, 0.3) is 11.5 Å². The summed E-state index contributed by atoms with van der Waals surface area (Å²) in [6.07, 6.45) is 0.647. The summed E-state index contributed by atoms with van der Waals surface area (Å²) >= 11 is 0. The molecule has 1 aromatic heterocycles. The number of hydrogen-bond donors (Lipinski definition) is 2. The highest BCUT2D eigenvalue weighted by Gasteiger charge is 2.15. The van der Waals surface area contributed by atoms with E-state index in [0.717, 1.165) is 23.4 Å². The summed E-state index contributed by atoms with van der Waals surface area (Å²) < 4.78 is 38.9. The van der Waals surface area contributed by atoms with Gasteiger partial charge in [0.2, 0.25) is 5.89 Å². The van der Waals surface area contributed by atoms with Crippen LogP contribution in [0.2, 0.25) is 0 Å². The van der Waals surface area contributed by atoms with Crippen molar-refractivity contribution in [2.75, 3.05) is 6.61 Å². The van der Waals surface area contributed by atoms with Gasteiger partial charge in [0, 0.05) is 31.0 Å². The van der Waals surface area contributed by atoms with E-state index >= 15 is 0 Å². The number of nitrogens with one attached hydrogen (secondary N) is 1. The topological polar surface area (TPSA) is 102 Å². The van der Waals surface area contributed by atoms with Gasteiger partial charge in [0.25, 0.3) is 5.91 Å². The molecule has 0 bridgehead atoms. The molecule has 3 aromatic carbocycles. The largest absolute Gasteiger partial charge is 0.493 e. The van der Waals surface area contributed by atoms with Crippen LogP contribution in [-0.2, 0) is 24.2 Å². The number of aryl methyl sites for hydroxylation is 2. The average molecular weight is 521 g/mol. The van der Waals surface area contributed by atoms with Gasteiger partial charge in [0.05, 0.1) is 17.9 Å². The van der Waals surface area contributed by atoms with Crippen molar-refractivity contribution < 1.29 is 32.6 Å². The third kappa shape index (κ3) is 6.82. The molecule has 1 amide bonds. The van der Waals surface area contributed by atoms with Gasteiger partial charge >= 0.3 is 5.97 Å². The molecule has 2 N–H and O–H groups in total. The minimum Gasteiger partial charge on any atom is -0.493 e. The van der Waals surface area contributed by atoms with Crippen molar-refractivity contribution in [1.82, 2.24) is 10.3 Å². The number of amides is 1. The zero-order chi connectivity index (χ0) is 27.1. The van der Waals surface area contributed by atoms with Gasteiger partial charge in [-0.3, -0.25) is 9.59 Å². The Bertz CT molecular complexity index is 1440. The number of oxazole rings is 1. The maximum atomic E-state index is 14.0. The van der Waals surface area contributed by atoms with Gasteiger partial charge in [0.1, 0.15) is 23.1 Å². The molecule has 0 saturated heterocycles. The number of carbonyl (C=O) groups is 2. The molecule has 4 rings (SSSR count). The molecule has 38 heavy (non-hydrogen) atoms. The van der Waals surface area contributed by atoms with Crippen LogP contribution in [0.3, 0.4) is 0 Å². The number of nitrogens with zero attached hydrogens (tertiary/aromatic N) is 1. The van der Waals surface area contributed by atoms with Gasteiger partial charge in [0.15, 0.2) is 0 Å². The maximum Gasteiger partial charge on any atom is 0.303 e. The fraction of sp³-hybridized carbons (Fsp3) is 0.207. The lowest BCUT2D eigenvalue weighted by Crippen LogP contribution is -2.24. The molecular formula is C29H26F2N2O5. The van der Waals surface area contributed by atoms with Crippen LogP contribution in [0.1, 0.15) is 39.4 Å². The lowest BCUT2D eigenvalue weighted by molar-refractivity contribution is -0.136. The predicted octanol–water partition coefficient (Wildman–Crippen LogP) is 5.50. The highest BCUT2D eigenvalue weighted by molar-refractivity contribution is 5.94. The Morgan fingerprint density at radius 3 is 2.53 bits per heavy atom. The van der Waals surface area contributed by atoms with Crippen molar-refractivity contribution in [1.29, 1.82) is 0 Å². The number of hydrogen-bond acceptors (Lipinski definition) is 5. The summed E-state index contributed by atoms with van der Waals surface area (Å²) in [6.45, 7) is 2.16. The highest BCUT2D eigenvalue weighted by atomic mass is 19.1. The summed E-state index contributed by atoms with van der Waals surface area (Å²) in [7, 11) is 0. The summed E-state index contributed by atoms with van der Waals surface area (Å²) in [5, 5.41) is 11.7. The molecule has 0 saturated carbocycles. The summed E-state index contributed by atoms with van der Waals surface area (Å²) in [4.78, 5) is 28.1. The summed E-state index contributed by atoms with van der Waals surface area (Å²) in [6, 6.07) is 17.5. The van der Waals surface area contributed by atoms with Crippen LogP contribution in [-0.4, -0.2) is 28.6 Å². The van der Waals surface area contributed by atoms with Crippen molar-refractivity contribution in [2.45, 2.75) is 32.7 Å². The van der Waals surface area contributed by atoms with Crippen molar-refractivity contribution >= 4 is 11.9 Å². The first-order valence-electron chi connectivity index (χ1n) is 12.0. The quantitative estimate of drug-likeness (QED) is 0.271. The van der Waals surface area contributed by atoms with Crippen LogP contribution in [0.4, 0.5) is 8.78 Å². The van der Waals surface area contributed by atoms with E-state index in [9.17, 15) is 18.4 Å². The molecule has 0 radical (unpaired) electrons. The molecule has 1 heterocycles. The lowest BCUT2D eigenvalue weighted by Gasteiger charge is -2.14. The van der Waals surface area contributed by atoms with E-state index in [1.165, 1.54) is 0 Å². The number of aromatic nitrogens is 1. The summed E-state index contributed by atoms with van der Waals surface area (Å²) in [5.41, 5.74) is 2.70. The number of carboxylic acids is 1. The normalized spacial score (nSPS) is 10.8. The molecule has 4 aromatic rings. The van der Waals surface area contributed by atoms with Crippen LogP contribution in [0.5, 0.6) is 5.75 Å². The number of aliphatic carboxylic acids is 1. The maximum absolute atomic E-state index is 14.0. The Morgan fingerprint density at radius 1 is 1.00 bits per heavy atom. The van der Waals surface area contributed by atoms with Crippen molar-refractivity contribution in [3.63, 3.8) is 0 Å². The Labute approximate surface area is 218 Å². The van der Waals surface area contributed by atoms with Crippen LogP contribution in [0, 0.1) is 18.6 Å². The second kappa shape index (κ2) is 12.1. The molecule has 0 fully saturated rings. The number of ether oxygens (including phenoxy) is 1. The molecule has 0 unspecified atom stereocenters. The molecule has 0 atom stereocenters. The first kappa shape index (κ1) is 26.5. The van der Waals surface area contributed by atoms with Gasteiger partial charge in [-0.1, -0.05) is 24.3 Å².